The summed E-state index contributed by atoms with van der Waals surface area (Å²) < 4.78 is 7.06. The van der Waals surface area contributed by atoms with E-state index in [1.165, 1.54) is 6.20 Å². The molecule has 2 aromatic heterocycles. The fourth-order valence-electron chi connectivity index (χ4n) is 2.01. The Hall–Kier alpha value is -2.26. The molecule has 136 valence electrons. The van der Waals surface area contributed by atoms with Crippen LogP contribution in [0.15, 0.2) is 23.7 Å². The minimum absolute atomic E-state index is 0.0829. The molecule has 25 heavy (non-hydrogen) atoms. The predicted molar refractivity (Wildman–Crippen MR) is 92.7 cm³/mol. The van der Waals surface area contributed by atoms with E-state index in [-0.39, 0.29) is 24.3 Å². The molecule has 0 fully saturated rings. The van der Waals surface area contributed by atoms with Crippen molar-refractivity contribution >= 4 is 23.2 Å². The van der Waals surface area contributed by atoms with Gasteiger partial charge in [0.2, 0.25) is 0 Å². The number of aliphatic carboxylic acids is 1. The lowest BCUT2D eigenvalue weighted by atomic mass is 10.1. The van der Waals surface area contributed by atoms with E-state index in [9.17, 15) is 14.7 Å². The molecule has 0 saturated heterocycles. The van der Waals surface area contributed by atoms with E-state index >= 15 is 0 Å². The highest BCUT2D eigenvalue weighted by molar-refractivity contribution is 7.09. The monoisotopic (exact) mass is 366 g/mol. The molecule has 2 N–H and O–H groups in total. The molecule has 0 saturated carbocycles. The van der Waals surface area contributed by atoms with Gasteiger partial charge in [-0.05, 0) is 32.2 Å². The third-order valence-corrected chi connectivity index (χ3v) is 4.08. The van der Waals surface area contributed by atoms with Crippen molar-refractivity contribution in [1.82, 2.24) is 20.3 Å². The average molecular weight is 366 g/mol. The third kappa shape index (κ3) is 6.28. The van der Waals surface area contributed by atoms with E-state index in [4.69, 9.17) is 4.74 Å². The highest BCUT2D eigenvalue weighted by Gasteiger charge is 2.23. The molecule has 0 bridgehead atoms. The molecule has 1 atom stereocenters. The minimum Gasteiger partial charge on any atom is -0.480 e. The van der Waals surface area contributed by atoms with Gasteiger partial charge in [0.15, 0.2) is 5.69 Å². The van der Waals surface area contributed by atoms with Gasteiger partial charge in [-0.3, -0.25) is 4.79 Å². The number of nitrogens with one attached hydrogen (secondary N) is 1. The van der Waals surface area contributed by atoms with E-state index < -0.39 is 17.9 Å². The molecular formula is C16H22N4O4S. The maximum atomic E-state index is 12.2. The number of carbonyl (C=O) groups excluding carboxylic acids is 1. The van der Waals surface area contributed by atoms with Crippen LogP contribution in [-0.2, 0) is 16.1 Å². The Morgan fingerprint density at radius 1 is 1.44 bits per heavy atom. The molecule has 1 amide bonds. The highest BCUT2D eigenvalue weighted by Crippen LogP contribution is 2.10. The second-order valence-electron chi connectivity index (χ2n) is 6.49. The Bertz CT molecular complexity index is 706. The Morgan fingerprint density at radius 3 is 2.80 bits per heavy atom. The van der Waals surface area contributed by atoms with Crippen molar-refractivity contribution in [3.8, 4) is 0 Å². The summed E-state index contributed by atoms with van der Waals surface area (Å²) in [5.41, 5.74) is -0.281. The molecule has 0 aromatic carbocycles. The van der Waals surface area contributed by atoms with Crippen LogP contribution in [0.3, 0.4) is 0 Å². The first kappa shape index (κ1) is 19.1. The van der Waals surface area contributed by atoms with E-state index in [2.05, 4.69) is 15.6 Å². The number of aromatic nitrogens is 3. The van der Waals surface area contributed by atoms with E-state index in [0.717, 1.165) is 4.88 Å². The number of hydrogen-bond acceptors (Lipinski definition) is 6. The van der Waals surface area contributed by atoms with Crippen molar-refractivity contribution in [3.05, 3.63) is 34.3 Å². The van der Waals surface area contributed by atoms with Gasteiger partial charge in [-0.1, -0.05) is 11.3 Å². The first-order valence-corrected chi connectivity index (χ1v) is 8.73. The molecule has 2 heterocycles. The first-order chi connectivity index (χ1) is 11.7. The molecule has 2 rings (SSSR count). The third-order valence-electron chi connectivity index (χ3n) is 3.21. The van der Waals surface area contributed by atoms with Gasteiger partial charge >= 0.3 is 5.97 Å². The maximum Gasteiger partial charge on any atom is 0.326 e. The summed E-state index contributed by atoms with van der Waals surface area (Å²) in [5, 5.41) is 21.4. The van der Waals surface area contributed by atoms with Gasteiger partial charge in [-0.25, -0.2) is 9.48 Å². The number of thiophene rings is 1. The number of amides is 1. The molecule has 1 unspecified atom stereocenters. The van der Waals surface area contributed by atoms with Crippen LogP contribution in [0.5, 0.6) is 0 Å². The van der Waals surface area contributed by atoms with Crippen LogP contribution in [0, 0.1) is 0 Å². The molecule has 0 spiro atoms. The van der Waals surface area contributed by atoms with Crippen LogP contribution >= 0.6 is 11.3 Å². The molecule has 2 aromatic rings. The molecule has 0 radical (unpaired) electrons. The van der Waals surface area contributed by atoms with Crippen molar-refractivity contribution in [3.63, 3.8) is 0 Å². The summed E-state index contributed by atoms with van der Waals surface area (Å²) in [6.07, 6.45) is 1.67. The number of carboxylic acids is 1. The lowest BCUT2D eigenvalue weighted by Crippen LogP contribution is -2.42. The Balaban J connectivity index is 1.92. The molecule has 0 aliphatic carbocycles. The zero-order chi connectivity index (χ0) is 18.4. The number of nitrogens with zero attached hydrogens (tertiary/aromatic N) is 3. The number of hydrogen-bond donors (Lipinski definition) is 2. The topological polar surface area (TPSA) is 106 Å². The Morgan fingerprint density at radius 2 is 2.20 bits per heavy atom. The number of carboxylic acid groups (broad SMARTS) is 1. The van der Waals surface area contributed by atoms with Crippen LogP contribution in [0.1, 0.15) is 42.6 Å². The molecule has 0 aliphatic rings. The van der Waals surface area contributed by atoms with Gasteiger partial charge < -0.3 is 15.2 Å². The van der Waals surface area contributed by atoms with Crippen LogP contribution in [-0.4, -0.2) is 50.2 Å². The van der Waals surface area contributed by atoms with Gasteiger partial charge in [-0.15, -0.1) is 16.4 Å². The fourth-order valence-corrected chi connectivity index (χ4v) is 2.71. The Kier molecular flexibility index (Phi) is 6.27. The van der Waals surface area contributed by atoms with Gasteiger partial charge in [0.05, 0.1) is 18.3 Å². The van der Waals surface area contributed by atoms with Crippen molar-refractivity contribution in [1.29, 1.82) is 0 Å². The van der Waals surface area contributed by atoms with Crippen LogP contribution in [0.2, 0.25) is 0 Å². The molecule has 9 heteroatoms. The average Bonchev–Trinajstić information content (AvgIpc) is 3.17. The van der Waals surface area contributed by atoms with Crippen molar-refractivity contribution in [2.24, 2.45) is 0 Å². The van der Waals surface area contributed by atoms with Gasteiger partial charge in [0.25, 0.3) is 5.91 Å². The lowest BCUT2D eigenvalue weighted by molar-refractivity contribution is -0.140. The summed E-state index contributed by atoms with van der Waals surface area (Å²) in [6, 6.07) is 2.85. The summed E-state index contributed by atoms with van der Waals surface area (Å²) in [4.78, 5) is 24.6. The minimum atomic E-state index is -1.11. The maximum absolute atomic E-state index is 12.2. The zero-order valence-electron chi connectivity index (χ0n) is 14.4. The number of ether oxygens (including phenoxy) is 1. The summed E-state index contributed by atoms with van der Waals surface area (Å²) >= 11 is 1.58. The van der Waals surface area contributed by atoms with Gasteiger partial charge in [0, 0.05) is 17.9 Å². The van der Waals surface area contributed by atoms with Crippen LogP contribution in [0.4, 0.5) is 0 Å². The van der Waals surface area contributed by atoms with Gasteiger partial charge in [-0.2, -0.15) is 0 Å². The summed E-state index contributed by atoms with van der Waals surface area (Å²) in [7, 11) is 0. The lowest BCUT2D eigenvalue weighted by Gasteiger charge is -2.21. The van der Waals surface area contributed by atoms with E-state index in [1.807, 2.05) is 38.3 Å². The second kappa shape index (κ2) is 8.21. The highest BCUT2D eigenvalue weighted by atomic mass is 32.1. The second-order valence-corrected chi connectivity index (χ2v) is 7.53. The fraction of sp³-hybridized carbons (Fsp3) is 0.500. The smallest absolute Gasteiger partial charge is 0.326 e. The predicted octanol–water partition coefficient (Wildman–Crippen LogP) is 1.78. The normalized spacial score (nSPS) is 12.8. The van der Waals surface area contributed by atoms with Gasteiger partial charge in [0.1, 0.15) is 6.04 Å². The SMILES string of the molecule is CC(C)(C)OCCC(NC(=O)c1cn(Cc2cccs2)nn1)C(=O)O. The summed E-state index contributed by atoms with van der Waals surface area (Å²) in [6.45, 7) is 6.39. The summed E-state index contributed by atoms with van der Waals surface area (Å²) in [5.74, 6) is -1.68. The molecular weight excluding hydrogens is 344 g/mol. The number of carbonyl (C=O) groups is 2. The standard InChI is InChI=1S/C16H22N4O4S/c1-16(2,3)24-7-6-12(15(22)23)17-14(21)13-10-20(19-18-13)9-11-5-4-8-25-11/h4-5,8,10,12H,6-7,9H2,1-3H3,(H,17,21)(H,22,23). The molecule has 0 aliphatic heterocycles. The largest absolute Gasteiger partial charge is 0.480 e. The van der Waals surface area contributed by atoms with E-state index in [1.54, 1.807) is 16.0 Å². The van der Waals surface area contributed by atoms with Crippen molar-refractivity contribution < 1.29 is 19.4 Å². The quantitative estimate of drug-likeness (QED) is 0.737. The first-order valence-electron chi connectivity index (χ1n) is 7.85. The Labute approximate surface area is 149 Å². The van der Waals surface area contributed by atoms with E-state index in [0.29, 0.717) is 6.54 Å². The van der Waals surface area contributed by atoms with Crippen molar-refractivity contribution in [2.45, 2.75) is 45.4 Å². The van der Waals surface area contributed by atoms with Crippen LogP contribution < -0.4 is 5.32 Å². The van der Waals surface area contributed by atoms with Crippen LogP contribution in [0.25, 0.3) is 0 Å². The molecule has 8 nitrogen and oxygen atoms in total. The number of rotatable bonds is 8. The zero-order valence-corrected chi connectivity index (χ0v) is 15.2. The van der Waals surface area contributed by atoms with Crippen molar-refractivity contribution in [2.75, 3.05) is 6.61 Å².